The molecule has 134 valence electrons. The fourth-order valence-corrected chi connectivity index (χ4v) is 2.88. The van der Waals surface area contributed by atoms with E-state index in [0.29, 0.717) is 5.95 Å². The first-order valence-electron chi connectivity index (χ1n) is 8.91. The highest BCUT2D eigenvalue weighted by atomic mass is 15.1. The summed E-state index contributed by atoms with van der Waals surface area (Å²) in [4.78, 5) is 8.97. The Kier molecular flexibility index (Phi) is 5.21. The van der Waals surface area contributed by atoms with Gasteiger partial charge in [-0.15, -0.1) is 0 Å². The lowest BCUT2D eigenvalue weighted by Crippen LogP contribution is -2.14. The van der Waals surface area contributed by atoms with Crippen LogP contribution in [0.1, 0.15) is 37.5 Å². The summed E-state index contributed by atoms with van der Waals surface area (Å²) in [7, 11) is 0. The van der Waals surface area contributed by atoms with Gasteiger partial charge in [0.2, 0.25) is 5.95 Å². The molecule has 0 atom stereocenters. The molecule has 0 aliphatic rings. The third kappa shape index (κ3) is 4.39. The van der Waals surface area contributed by atoms with Crippen LogP contribution in [0.15, 0.2) is 60.8 Å². The van der Waals surface area contributed by atoms with Crippen molar-refractivity contribution >= 4 is 17.5 Å². The number of para-hydroxylation sites is 1. The molecule has 2 aromatic carbocycles. The van der Waals surface area contributed by atoms with E-state index in [9.17, 15) is 0 Å². The molecule has 0 aliphatic carbocycles. The molecule has 0 aliphatic heterocycles. The number of aryl methyl sites for hydroxylation is 1. The maximum atomic E-state index is 4.60. The first-order chi connectivity index (χ1) is 12.4. The van der Waals surface area contributed by atoms with Gasteiger partial charge in [-0.2, -0.15) is 4.98 Å². The molecular formula is C22H26N4. The molecular weight excluding hydrogens is 320 g/mol. The van der Waals surface area contributed by atoms with Crippen molar-refractivity contribution in [1.82, 2.24) is 9.97 Å². The van der Waals surface area contributed by atoms with E-state index < -0.39 is 0 Å². The monoisotopic (exact) mass is 346 g/mol. The zero-order valence-corrected chi connectivity index (χ0v) is 15.9. The first kappa shape index (κ1) is 17.9. The summed E-state index contributed by atoms with van der Waals surface area (Å²) in [5.74, 6) is 1.40. The van der Waals surface area contributed by atoms with Gasteiger partial charge < -0.3 is 10.6 Å². The van der Waals surface area contributed by atoms with Crippen LogP contribution in [0.2, 0.25) is 0 Å². The van der Waals surface area contributed by atoms with Crippen molar-refractivity contribution in [3.05, 3.63) is 77.5 Å². The number of benzene rings is 2. The maximum Gasteiger partial charge on any atom is 0.229 e. The SMILES string of the molecule is Cc1ccccc1CNc1ccnc(Nc2ccccc2C(C)(C)C)n1. The zero-order chi connectivity index (χ0) is 18.6. The van der Waals surface area contributed by atoms with Crippen LogP contribution >= 0.6 is 0 Å². The lowest BCUT2D eigenvalue weighted by atomic mass is 9.86. The topological polar surface area (TPSA) is 49.8 Å². The van der Waals surface area contributed by atoms with E-state index in [-0.39, 0.29) is 5.41 Å². The minimum atomic E-state index is 0.0459. The summed E-state index contributed by atoms with van der Waals surface area (Å²) in [5.41, 5.74) is 4.85. The van der Waals surface area contributed by atoms with E-state index in [2.05, 4.69) is 90.8 Å². The Morgan fingerprint density at radius 3 is 2.42 bits per heavy atom. The van der Waals surface area contributed by atoms with Crippen LogP contribution in [0, 0.1) is 6.92 Å². The van der Waals surface area contributed by atoms with E-state index in [1.165, 1.54) is 16.7 Å². The molecule has 1 heterocycles. The van der Waals surface area contributed by atoms with Crippen LogP contribution in [0.25, 0.3) is 0 Å². The predicted octanol–water partition coefficient (Wildman–Crippen LogP) is 5.44. The summed E-state index contributed by atoms with van der Waals surface area (Å²) >= 11 is 0. The third-order valence-corrected chi connectivity index (χ3v) is 4.36. The van der Waals surface area contributed by atoms with Crippen LogP contribution in [-0.2, 0) is 12.0 Å². The molecule has 0 saturated carbocycles. The summed E-state index contributed by atoms with van der Waals surface area (Å²) < 4.78 is 0. The van der Waals surface area contributed by atoms with Gasteiger partial charge in [-0.25, -0.2) is 4.98 Å². The van der Waals surface area contributed by atoms with Gasteiger partial charge in [-0.3, -0.25) is 0 Å². The summed E-state index contributed by atoms with van der Waals surface area (Å²) in [5, 5.41) is 6.75. The third-order valence-electron chi connectivity index (χ3n) is 4.36. The van der Waals surface area contributed by atoms with E-state index in [0.717, 1.165) is 18.1 Å². The number of nitrogens with zero attached hydrogens (tertiary/aromatic N) is 2. The standard InChI is InChI=1S/C22H26N4/c1-16-9-5-6-10-17(16)15-24-20-13-14-23-21(26-20)25-19-12-8-7-11-18(19)22(2,3)4/h5-14H,15H2,1-4H3,(H2,23,24,25,26). The fourth-order valence-electron chi connectivity index (χ4n) is 2.88. The van der Waals surface area contributed by atoms with E-state index in [1.54, 1.807) is 6.20 Å². The highest BCUT2D eigenvalue weighted by molar-refractivity contribution is 5.61. The van der Waals surface area contributed by atoms with Crippen LogP contribution in [0.3, 0.4) is 0 Å². The number of nitrogens with one attached hydrogen (secondary N) is 2. The van der Waals surface area contributed by atoms with Crippen molar-refractivity contribution in [2.75, 3.05) is 10.6 Å². The number of rotatable bonds is 5. The lowest BCUT2D eigenvalue weighted by Gasteiger charge is -2.23. The number of hydrogen-bond acceptors (Lipinski definition) is 4. The van der Waals surface area contributed by atoms with E-state index >= 15 is 0 Å². The van der Waals surface area contributed by atoms with E-state index in [1.807, 2.05) is 12.1 Å². The lowest BCUT2D eigenvalue weighted by molar-refractivity contribution is 0.592. The zero-order valence-electron chi connectivity index (χ0n) is 15.9. The summed E-state index contributed by atoms with van der Waals surface area (Å²) in [6, 6.07) is 18.5. The van der Waals surface area contributed by atoms with Crippen LogP contribution in [-0.4, -0.2) is 9.97 Å². The van der Waals surface area contributed by atoms with E-state index in [4.69, 9.17) is 0 Å². The van der Waals surface area contributed by atoms with Crippen molar-refractivity contribution in [3.63, 3.8) is 0 Å². The molecule has 0 radical (unpaired) electrons. The van der Waals surface area contributed by atoms with Crippen LogP contribution in [0.4, 0.5) is 17.5 Å². The highest BCUT2D eigenvalue weighted by Gasteiger charge is 2.17. The molecule has 3 aromatic rings. The molecule has 4 nitrogen and oxygen atoms in total. The number of aromatic nitrogens is 2. The van der Waals surface area contributed by atoms with Gasteiger partial charge in [-0.1, -0.05) is 63.2 Å². The van der Waals surface area contributed by atoms with Gasteiger partial charge in [0.05, 0.1) is 0 Å². The predicted molar refractivity (Wildman–Crippen MR) is 109 cm³/mol. The Labute approximate surface area is 155 Å². The minimum Gasteiger partial charge on any atom is -0.366 e. The Morgan fingerprint density at radius 1 is 0.923 bits per heavy atom. The van der Waals surface area contributed by atoms with Gasteiger partial charge in [0, 0.05) is 18.4 Å². The molecule has 0 saturated heterocycles. The molecule has 0 unspecified atom stereocenters. The normalized spacial score (nSPS) is 11.2. The summed E-state index contributed by atoms with van der Waals surface area (Å²) in [6.45, 7) is 9.47. The van der Waals surface area contributed by atoms with Crippen molar-refractivity contribution in [1.29, 1.82) is 0 Å². The van der Waals surface area contributed by atoms with Gasteiger partial charge >= 0.3 is 0 Å². The van der Waals surface area contributed by atoms with Crippen molar-refractivity contribution in [3.8, 4) is 0 Å². The maximum absolute atomic E-state index is 4.60. The average Bonchev–Trinajstić information content (AvgIpc) is 2.61. The Balaban J connectivity index is 1.75. The fraction of sp³-hybridized carbons (Fsp3) is 0.273. The quantitative estimate of drug-likeness (QED) is 0.646. The Hall–Kier alpha value is -2.88. The molecule has 2 N–H and O–H groups in total. The Morgan fingerprint density at radius 2 is 1.65 bits per heavy atom. The molecule has 0 bridgehead atoms. The second-order valence-corrected chi connectivity index (χ2v) is 7.47. The largest absolute Gasteiger partial charge is 0.366 e. The van der Waals surface area contributed by atoms with Gasteiger partial charge in [0.1, 0.15) is 5.82 Å². The van der Waals surface area contributed by atoms with Crippen LogP contribution in [0.5, 0.6) is 0 Å². The summed E-state index contributed by atoms with van der Waals surface area (Å²) in [6.07, 6.45) is 1.77. The van der Waals surface area contributed by atoms with Crippen LogP contribution < -0.4 is 10.6 Å². The molecule has 1 aromatic heterocycles. The molecule has 0 spiro atoms. The number of anilines is 3. The van der Waals surface area contributed by atoms with Gasteiger partial charge in [0.15, 0.2) is 0 Å². The van der Waals surface area contributed by atoms with Crippen molar-refractivity contribution < 1.29 is 0 Å². The highest BCUT2D eigenvalue weighted by Crippen LogP contribution is 2.30. The second-order valence-electron chi connectivity index (χ2n) is 7.47. The molecule has 0 fully saturated rings. The smallest absolute Gasteiger partial charge is 0.229 e. The second kappa shape index (κ2) is 7.56. The first-order valence-corrected chi connectivity index (χ1v) is 8.91. The molecule has 4 heteroatoms. The van der Waals surface area contributed by atoms with Crippen molar-refractivity contribution in [2.24, 2.45) is 0 Å². The number of hydrogen-bond donors (Lipinski definition) is 2. The molecule has 0 amide bonds. The minimum absolute atomic E-state index is 0.0459. The molecule has 3 rings (SSSR count). The Bertz CT molecular complexity index is 881. The van der Waals surface area contributed by atoms with Crippen molar-refractivity contribution in [2.45, 2.75) is 39.7 Å². The van der Waals surface area contributed by atoms with Gasteiger partial charge in [-0.05, 0) is 41.2 Å². The molecule has 26 heavy (non-hydrogen) atoms. The average molecular weight is 346 g/mol. The van der Waals surface area contributed by atoms with Gasteiger partial charge in [0.25, 0.3) is 0 Å².